The first kappa shape index (κ1) is 17.3. The molecule has 1 unspecified atom stereocenters. The number of likely N-dealkylation sites (tertiary alicyclic amines) is 1. The van der Waals surface area contributed by atoms with Crippen LogP contribution in [0.15, 0.2) is 59.1 Å². The lowest BCUT2D eigenvalue weighted by Gasteiger charge is -2.15. The van der Waals surface area contributed by atoms with E-state index in [9.17, 15) is 4.79 Å². The molecule has 2 aromatic carbocycles. The molecule has 0 aliphatic carbocycles. The Morgan fingerprint density at radius 3 is 2.74 bits per heavy atom. The fraction of sp³-hybridized carbons (Fsp3) is 0.286. The fourth-order valence-electron chi connectivity index (χ4n) is 3.40. The smallest absolute Gasteiger partial charge is 0.232 e. The number of hydrogen-bond donors (Lipinski definition) is 0. The number of nitrogens with zero attached hydrogens (tertiary/aromatic N) is 3. The summed E-state index contributed by atoms with van der Waals surface area (Å²) in [6, 6.07) is 17.7. The van der Waals surface area contributed by atoms with Gasteiger partial charge in [0.15, 0.2) is 0 Å². The number of ether oxygens (including phenoxy) is 1. The maximum Gasteiger partial charge on any atom is 0.232 e. The maximum absolute atomic E-state index is 12.4. The van der Waals surface area contributed by atoms with E-state index >= 15 is 0 Å². The fourth-order valence-corrected chi connectivity index (χ4v) is 3.40. The van der Waals surface area contributed by atoms with Crippen LogP contribution in [0.2, 0.25) is 0 Å². The van der Waals surface area contributed by atoms with E-state index in [1.54, 1.807) is 7.11 Å². The maximum atomic E-state index is 12.4. The number of amides is 1. The summed E-state index contributed by atoms with van der Waals surface area (Å²) in [6.45, 7) is 1.31. The third-order valence-electron chi connectivity index (χ3n) is 4.87. The van der Waals surface area contributed by atoms with Crippen molar-refractivity contribution in [2.45, 2.75) is 18.8 Å². The minimum atomic E-state index is -0.0655. The second-order valence-electron chi connectivity index (χ2n) is 6.63. The molecule has 0 spiro atoms. The van der Waals surface area contributed by atoms with Crippen LogP contribution in [0.25, 0.3) is 11.4 Å². The van der Waals surface area contributed by atoms with Crippen molar-refractivity contribution in [2.75, 3.05) is 20.2 Å². The predicted molar refractivity (Wildman–Crippen MR) is 100 cm³/mol. The molecule has 27 heavy (non-hydrogen) atoms. The quantitative estimate of drug-likeness (QED) is 0.672. The first-order valence-electron chi connectivity index (χ1n) is 9.03. The summed E-state index contributed by atoms with van der Waals surface area (Å²) in [5, 5.41) is 4.09. The number of methoxy groups -OCH3 is 1. The highest BCUT2D eigenvalue weighted by Crippen LogP contribution is 2.31. The van der Waals surface area contributed by atoms with Crippen LogP contribution >= 0.6 is 0 Å². The highest BCUT2D eigenvalue weighted by atomic mass is 16.5. The monoisotopic (exact) mass is 363 g/mol. The summed E-state index contributed by atoms with van der Waals surface area (Å²) < 4.78 is 10.8. The zero-order valence-electron chi connectivity index (χ0n) is 15.2. The highest BCUT2D eigenvalue weighted by molar-refractivity contribution is 5.79. The van der Waals surface area contributed by atoms with Gasteiger partial charge in [0.05, 0.1) is 18.6 Å². The molecule has 0 N–H and O–H groups in total. The summed E-state index contributed by atoms with van der Waals surface area (Å²) in [6.07, 6.45) is 1.25. The third-order valence-corrected chi connectivity index (χ3v) is 4.87. The van der Waals surface area contributed by atoms with E-state index in [2.05, 4.69) is 22.3 Å². The van der Waals surface area contributed by atoms with Gasteiger partial charge in [0.1, 0.15) is 5.75 Å². The number of hydrogen-bond acceptors (Lipinski definition) is 5. The highest BCUT2D eigenvalue weighted by Gasteiger charge is 2.34. The summed E-state index contributed by atoms with van der Waals surface area (Å²) in [7, 11) is 1.61. The van der Waals surface area contributed by atoms with Crippen LogP contribution in [0.1, 0.15) is 23.8 Å². The van der Waals surface area contributed by atoms with E-state index in [4.69, 9.17) is 9.26 Å². The minimum Gasteiger partial charge on any atom is -0.496 e. The van der Waals surface area contributed by atoms with Crippen molar-refractivity contribution in [3.8, 4) is 17.1 Å². The second kappa shape index (κ2) is 7.61. The molecular weight excluding hydrogens is 342 g/mol. The lowest BCUT2D eigenvalue weighted by atomic mass is 10.1. The Hall–Kier alpha value is -3.15. The van der Waals surface area contributed by atoms with Gasteiger partial charge >= 0.3 is 0 Å². The van der Waals surface area contributed by atoms with Crippen LogP contribution in [0.5, 0.6) is 5.75 Å². The van der Waals surface area contributed by atoms with Gasteiger partial charge < -0.3 is 14.2 Å². The average Bonchev–Trinajstić information content (AvgIpc) is 3.34. The third kappa shape index (κ3) is 3.69. The molecule has 138 valence electrons. The Bertz CT molecular complexity index is 923. The Kier molecular flexibility index (Phi) is 4.87. The van der Waals surface area contributed by atoms with Gasteiger partial charge in [0, 0.05) is 19.5 Å². The van der Waals surface area contributed by atoms with Crippen LogP contribution in [0, 0.1) is 0 Å². The van der Waals surface area contributed by atoms with Crippen LogP contribution in [-0.2, 0) is 11.2 Å². The van der Waals surface area contributed by atoms with Crippen LogP contribution in [0.3, 0.4) is 0 Å². The molecule has 1 fully saturated rings. The number of carbonyl (C=O) groups is 1. The van der Waals surface area contributed by atoms with Crippen LogP contribution in [-0.4, -0.2) is 41.1 Å². The van der Waals surface area contributed by atoms with E-state index < -0.39 is 0 Å². The van der Waals surface area contributed by atoms with E-state index in [0.717, 1.165) is 12.0 Å². The zero-order chi connectivity index (χ0) is 18.6. The predicted octanol–water partition coefficient (Wildman–Crippen LogP) is 3.30. The van der Waals surface area contributed by atoms with Gasteiger partial charge in [0.2, 0.25) is 17.6 Å². The van der Waals surface area contributed by atoms with Gasteiger partial charge in [-0.1, -0.05) is 47.6 Å². The van der Waals surface area contributed by atoms with Crippen molar-refractivity contribution in [3.63, 3.8) is 0 Å². The van der Waals surface area contributed by atoms with Crippen LogP contribution in [0.4, 0.5) is 0 Å². The number of para-hydroxylation sites is 1. The Labute approximate surface area is 157 Å². The van der Waals surface area contributed by atoms with Gasteiger partial charge in [-0.15, -0.1) is 0 Å². The minimum absolute atomic E-state index is 0.0655. The number of aromatic nitrogens is 2. The van der Waals surface area contributed by atoms with Crippen LogP contribution < -0.4 is 4.74 Å². The lowest BCUT2D eigenvalue weighted by molar-refractivity contribution is -0.127. The molecule has 3 aromatic rings. The molecule has 1 saturated heterocycles. The molecule has 6 heteroatoms. The van der Waals surface area contributed by atoms with E-state index in [1.165, 1.54) is 5.56 Å². The summed E-state index contributed by atoms with van der Waals surface area (Å²) in [4.78, 5) is 18.8. The molecular formula is C21H21N3O3. The average molecular weight is 363 g/mol. The van der Waals surface area contributed by atoms with Gasteiger partial charge in [-0.3, -0.25) is 4.79 Å². The van der Waals surface area contributed by atoms with Gasteiger partial charge in [-0.2, -0.15) is 4.98 Å². The van der Waals surface area contributed by atoms with Crippen molar-refractivity contribution in [2.24, 2.45) is 0 Å². The van der Waals surface area contributed by atoms with Crippen molar-refractivity contribution in [3.05, 3.63) is 66.1 Å². The van der Waals surface area contributed by atoms with Crippen molar-refractivity contribution < 1.29 is 14.1 Å². The normalized spacial score (nSPS) is 16.7. The first-order valence-corrected chi connectivity index (χ1v) is 9.03. The molecule has 1 aromatic heterocycles. The van der Waals surface area contributed by atoms with Gasteiger partial charge in [0.25, 0.3) is 0 Å². The summed E-state index contributed by atoms with van der Waals surface area (Å²) in [5.41, 5.74) is 2.00. The molecule has 1 amide bonds. The van der Waals surface area contributed by atoms with Crippen molar-refractivity contribution in [1.29, 1.82) is 0 Å². The lowest BCUT2D eigenvalue weighted by Crippen LogP contribution is -2.27. The number of rotatable bonds is 6. The summed E-state index contributed by atoms with van der Waals surface area (Å²) in [5.74, 6) is 1.75. The molecule has 0 bridgehead atoms. The van der Waals surface area contributed by atoms with Crippen molar-refractivity contribution in [1.82, 2.24) is 15.0 Å². The molecule has 1 aliphatic rings. The molecule has 2 heterocycles. The largest absolute Gasteiger partial charge is 0.496 e. The van der Waals surface area contributed by atoms with E-state index in [1.807, 2.05) is 47.4 Å². The zero-order valence-corrected chi connectivity index (χ0v) is 15.2. The Balaban J connectivity index is 1.44. The van der Waals surface area contributed by atoms with Gasteiger partial charge in [-0.05, 0) is 24.1 Å². The number of benzene rings is 2. The Morgan fingerprint density at radius 2 is 1.93 bits per heavy atom. The molecule has 1 atom stereocenters. The van der Waals surface area contributed by atoms with E-state index in [-0.39, 0.29) is 11.8 Å². The van der Waals surface area contributed by atoms with Crippen molar-refractivity contribution >= 4 is 5.91 Å². The first-order chi connectivity index (χ1) is 13.2. The standard InChI is InChI=1S/C21H21N3O3/c1-26-18-10-6-5-9-17(18)20-22-21(27-23-20)16-13-19(25)24(14-16)12-11-15-7-3-2-4-8-15/h2-10,16H,11-14H2,1H3. The Morgan fingerprint density at radius 1 is 1.15 bits per heavy atom. The number of carbonyl (C=O) groups excluding carboxylic acids is 1. The van der Waals surface area contributed by atoms with Gasteiger partial charge in [-0.25, -0.2) is 0 Å². The molecule has 0 saturated carbocycles. The molecule has 4 rings (SSSR count). The van der Waals surface area contributed by atoms with E-state index in [0.29, 0.717) is 37.0 Å². The second-order valence-corrected chi connectivity index (χ2v) is 6.63. The summed E-state index contributed by atoms with van der Waals surface area (Å²) >= 11 is 0. The molecule has 0 radical (unpaired) electrons. The molecule has 1 aliphatic heterocycles. The molecule has 6 nitrogen and oxygen atoms in total. The topological polar surface area (TPSA) is 68.5 Å². The SMILES string of the molecule is COc1ccccc1-c1noc(C2CC(=O)N(CCc3ccccc3)C2)n1.